The molecule has 1 saturated heterocycles. The van der Waals surface area contributed by atoms with Gasteiger partial charge < -0.3 is 14.2 Å². The molecule has 0 spiro atoms. The molecule has 2 atom stereocenters. The highest BCUT2D eigenvalue weighted by Crippen LogP contribution is 2.36. The zero-order valence-corrected chi connectivity index (χ0v) is 16.6. The van der Waals surface area contributed by atoms with Crippen molar-refractivity contribution in [3.63, 3.8) is 0 Å². The first-order valence-corrected chi connectivity index (χ1v) is 9.65. The lowest BCUT2D eigenvalue weighted by Crippen LogP contribution is -2.47. The molecule has 0 bridgehead atoms. The maximum absolute atomic E-state index is 6.24. The Morgan fingerprint density at radius 3 is 2.46 bits per heavy atom. The summed E-state index contributed by atoms with van der Waals surface area (Å²) in [6, 6.07) is 18.4. The molecule has 5 nitrogen and oxygen atoms in total. The van der Waals surface area contributed by atoms with Crippen molar-refractivity contribution in [2.24, 2.45) is 0 Å². The summed E-state index contributed by atoms with van der Waals surface area (Å²) in [5, 5.41) is 2.03. The third-order valence-electron chi connectivity index (χ3n) is 5.16. The van der Waals surface area contributed by atoms with Gasteiger partial charge in [0.25, 0.3) is 0 Å². The van der Waals surface area contributed by atoms with Gasteiger partial charge in [0, 0.05) is 6.54 Å². The van der Waals surface area contributed by atoms with Gasteiger partial charge in [0.2, 0.25) is 0 Å². The van der Waals surface area contributed by atoms with E-state index in [0.29, 0.717) is 19.8 Å². The maximum atomic E-state index is 6.24. The van der Waals surface area contributed by atoms with Gasteiger partial charge in [-0.05, 0) is 42.7 Å². The zero-order valence-electron chi connectivity index (χ0n) is 16.6. The van der Waals surface area contributed by atoms with Crippen LogP contribution >= 0.6 is 0 Å². The number of rotatable bonds is 5. The highest BCUT2D eigenvalue weighted by atomic mass is 16.7. The molecular weight excluding hydrogens is 354 g/mol. The van der Waals surface area contributed by atoms with E-state index in [1.54, 1.807) is 7.11 Å². The van der Waals surface area contributed by atoms with Crippen LogP contribution in [0.25, 0.3) is 5.57 Å². The van der Waals surface area contributed by atoms with E-state index in [0.717, 1.165) is 11.3 Å². The Hall–Kier alpha value is -2.18. The summed E-state index contributed by atoms with van der Waals surface area (Å²) in [5.74, 6) is 0.252. The SMILES string of the molecule is COc1ccc(C2=CCON(Cc3ccccc3)[C@H]2[C@H]2COC(C)(C)O2)cc1. The number of hydroxylamine groups is 2. The summed E-state index contributed by atoms with van der Waals surface area (Å²) < 4.78 is 17.4. The molecule has 2 aromatic carbocycles. The van der Waals surface area contributed by atoms with Crippen LogP contribution in [0.5, 0.6) is 5.75 Å². The van der Waals surface area contributed by atoms with Gasteiger partial charge in [-0.25, -0.2) is 0 Å². The van der Waals surface area contributed by atoms with E-state index >= 15 is 0 Å². The number of benzene rings is 2. The fourth-order valence-corrected chi connectivity index (χ4v) is 3.82. The normalized spacial score (nSPS) is 24.8. The minimum atomic E-state index is -0.592. The summed E-state index contributed by atoms with van der Waals surface area (Å²) >= 11 is 0. The Morgan fingerprint density at radius 1 is 1.07 bits per heavy atom. The van der Waals surface area contributed by atoms with Crippen molar-refractivity contribution >= 4 is 5.57 Å². The third-order valence-corrected chi connectivity index (χ3v) is 5.16. The number of ether oxygens (including phenoxy) is 3. The van der Waals surface area contributed by atoms with Gasteiger partial charge in [0.15, 0.2) is 5.79 Å². The van der Waals surface area contributed by atoms with Crippen LogP contribution in [-0.4, -0.2) is 43.3 Å². The monoisotopic (exact) mass is 381 g/mol. The van der Waals surface area contributed by atoms with Crippen LogP contribution in [0.2, 0.25) is 0 Å². The largest absolute Gasteiger partial charge is 0.497 e. The molecular formula is C23H27NO4. The predicted octanol–water partition coefficient (Wildman–Crippen LogP) is 4.05. The molecule has 0 saturated carbocycles. The first-order valence-electron chi connectivity index (χ1n) is 9.65. The molecule has 1 fully saturated rings. The lowest BCUT2D eigenvalue weighted by Gasteiger charge is -2.38. The second-order valence-corrected chi connectivity index (χ2v) is 7.56. The molecule has 0 unspecified atom stereocenters. The van der Waals surface area contributed by atoms with Crippen molar-refractivity contribution in [1.29, 1.82) is 0 Å². The average Bonchev–Trinajstić information content (AvgIpc) is 3.08. The van der Waals surface area contributed by atoms with Gasteiger partial charge in [-0.3, -0.25) is 4.84 Å². The van der Waals surface area contributed by atoms with E-state index in [1.165, 1.54) is 11.1 Å². The lowest BCUT2D eigenvalue weighted by molar-refractivity contribution is -0.208. The first kappa shape index (κ1) is 19.2. The lowest BCUT2D eigenvalue weighted by atomic mass is 9.92. The van der Waals surface area contributed by atoms with Crippen LogP contribution in [0.1, 0.15) is 25.0 Å². The van der Waals surface area contributed by atoms with Gasteiger partial charge in [-0.1, -0.05) is 48.5 Å². The molecule has 2 heterocycles. The van der Waals surface area contributed by atoms with E-state index in [1.807, 2.05) is 49.2 Å². The van der Waals surface area contributed by atoms with E-state index < -0.39 is 5.79 Å². The smallest absolute Gasteiger partial charge is 0.163 e. The van der Waals surface area contributed by atoms with Crippen LogP contribution in [-0.2, 0) is 20.9 Å². The Kier molecular flexibility index (Phi) is 5.51. The van der Waals surface area contributed by atoms with Crippen LogP contribution < -0.4 is 4.74 Å². The Balaban J connectivity index is 1.65. The highest BCUT2D eigenvalue weighted by molar-refractivity contribution is 5.71. The van der Waals surface area contributed by atoms with Gasteiger partial charge in [-0.2, -0.15) is 5.06 Å². The minimum absolute atomic E-state index is 0.0656. The summed E-state index contributed by atoms with van der Waals surface area (Å²) in [6.45, 7) is 5.64. The van der Waals surface area contributed by atoms with Crippen molar-refractivity contribution in [2.75, 3.05) is 20.3 Å². The van der Waals surface area contributed by atoms with Gasteiger partial charge >= 0.3 is 0 Å². The summed E-state index contributed by atoms with van der Waals surface area (Å²) in [5.41, 5.74) is 3.53. The highest BCUT2D eigenvalue weighted by Gasteiger charge is 2.43. The molecule has 4 rings (SSSR count). The maximum Gasteiger partial charge on any atom is 0.163 e. The molecule has 2 aromatic rings. The standard InChI is InChI=1S/C23H27NO4/c1-23(2)26-16-21(28-23)22-20(18-9-11-19(25-3)12-10-18)13-14-27-24(22)15-17-7-5-4-6-8-17/h4-13,21-22H,14-16H2,1-3H3/t21-,22-/m1/s1. The minimum Gasteiger partial charge on any atom is -0.497 e. The van der Waals surface area contributed by atoms with Gasteiger partial charge in [-0.15, -0.1) is 0 Å². The molecule has 5 heteroatoms. The first-order chi connectivity index (χ1) is 13.6. The average molecular weight is 381 g/mol. The molecule has 0 N–H and O–H groups in total. The molecule has 2 aliphatic rings. The van der Waals surface area contributed by atoms with E-state index in [2.05, 4.69) is 30.3 Å². The fraction of sp³-hybridized carbons (Fsp3) is 0.391. The van der Waals surface area contributed by atoms with Crippen LogP contribution in [0, 0.1) is 0 Å². The van der Waals surface area contributed by atoms with Gasteiger partial charge in [0.1, 0.15) is 11.9 Å². The van der Waals surface area contributed by atoms with E-state index in [4.69, 9.17) is 19.0 Å². The second kappa shape index (κ2) is 8.05. The van der Waals surface area contributed by atoms with E-state index in [9.17, 15) is 0 Å². The molecule has 0 amide bonds. The number of nitrogens with zero attached hydrogens (tertiary/aromatic N) is 1. The van der Waals surface area contributed by atoms with Crippen molar-refractivity contribution in [1.82, 2.24) is 5.06 Å². The Morgan fingerprint density at radius 2 is 1.82 bits per heavy atom. The molecule has 28 heavy (non-hydrogen) atoms. The predicted molar refractivity (Wildman–Crippen MR) is 108 cm³/mol. The number of methoxy groups -OCH3 is 1. The summed E-state index contributed by atoms with van der Waals surface area (Å²) in [4.78, 5) is 6.07. The Labute approximate surface area is 166 Å². The fourth-order valence-electron chi connectivity index (χ4n) is 3.82. The Bertz CT molecular complexity index is 816. The van der Waals surface area contributed by atoms with E-state index in [-0.39, 0.29) is 12.1 Å². The summed E-state index contributed by atoms with van der Waals surface area (Å²) in [7, 11) is 1.68. The van der Waals surface area contributed by atoms with Crippen LogP contribution in [0.4, 0.5) is 0 Å². The van der Waals surface area contributed by atoms with Crippen molar-refractivity contribution in [3.8, 4) is 5.75 Å². The van der Waals surface area contributed by atoms with Crippen LogP contribution in [0.3, 0.4) is 0 Å². The topological polar surface area (TPSA) is 40.2 Å². The molecule has 2 aliphatic heterocycles. The number of hydrogen-bond donors (Lipinski definition) is 0. The second-order valence-electron chi connectivity index (χ2n) is 7.56. The van der Waals surface area contributed by atoms with Crippen LogP contribution in [0.15, 0.2) is 60.7 Å². The number of hydrogen-bond acceptors (Lipinski definition) is 5. The van der Waals surface area contributed by atoms with Crippen molar-refractivity contribution in [2.45, 2.75) is 38.3 Å². The third kappa shape index (κ3) is 4.13. The quantitative estimate of drug-likeness (QED) is 0.782. The van der Waals surface area contributed by atoms with Crippen molar-refractivity contribution < 1.29 is 19.0 Å². The molecule has 148 valence electrons. The summed E-state index contributed by atoms with van der Waals surface area (Å²) in [6.07, 6.45) is 2.02. The van der Waals surface area contributed by atoms with Gasteiger partial charge in [0.05, 0.1) is 26.4 Å². The molecule has 0 aliphatic carbocycles. The molecule has 0 aromatic heterocycles. The molecule has 0 radical (unpaired) electrons. The van der Waals surface area contributed by atoms with Crippen molar-refractivity contribution in [3.05, 3.63) is 71.8 Å². The zero-order chi connectivity index (χ0) is 19.6.